The number of hydrogen-bond donors (Lipinski definition) is 1. The van der Waals surface area contributed by atoms with Gasteiger partial charge < -0.3 is 14.7 Å². The third-order valence-corrected chi connectivity index (χ3v) is 6.91. The van der Waals surface area contributed by atoms with Crippen molar-refractivity contribution >= 4 is 28.5 Å². The Bertz CT molecular complexity index is 1230. The maximum Gasteiger partial charge on any atom is 0.255 e. The van der Waals surface area contributed by atoms with Gasteiger partial charge in [0.15, 0.2) is 5.58 Å². The van der Waals surface area contributed by atoms with Crippen LogP contribution in [0.1, 0.15) is 66.1 Å². The molecule has 1 aliphatic heterocycles. The Hall–Kier alpha value is -3.66. The van der Waals surface area contributed by atoms with E-state index in [0.29, 0.717) is 28.3 Å². The van der Waals surface area contributed by atoms with E-state index in [1.165, 1.54) is 12.8 Å². The highest BCUT2D eigenvalue weighted by atomic mass is 16.5. The molecule has 3 aromatic rings. The number of carbonyl (C=O) groups is 2. The zero-order valence-electron chi connectivity index (χ0n) is 18.4. The van der Waals surface area contributed by atoms with Gasteiger partial charge in [0.05, 0.1) is 17.3 Å². The van der Waals surface area contributed by atoms with Crippen molar-refractivity contribution in [3.05, 3.63) is 59.3 Å². The lowest BCUT2D eigenvalue weighted by atomic mass is 9.90. The summed E-state index contributed by atoms with van der Waals surface area (Å²) in [5, 5.41) is 17.2. The minimum absolute atomic E-state index is 0.217. The molecule has 2 aliphatic rings. The number of piperidine rings is 1. The van der Waals surface area contributed by atoms with Crippen molar-refractivity contribution in [2.24, 2.45) is 5.92 Å². The first-order chi connectivity index (χ1) is 16.1. The monoisotopic (exact) mass is 442 g/mol. The van der Waals surface area contributed by atoms with Gasteiger partial charge in [-0.1, -0.05) is 24.1 Å². The summed E-state index contributed by atoms with van der Waals surface area (Å²) >= 11 is 0. The molecule has 1 saturated heterocycles. The molecule has 168 valence electrons. The molecule has 0 spiro atoms. The van der Waals surface area contributed by atoms with Crippen molar-refractivity contribution in [2.75, 3.05) is 18.4 Å². The van der Waals surface area contributed by atoms with E-state index < -0.39 is 0 Å². The number of likely N-dealkylation sites (tertiary alicyclic amines) is 1. The summed E-state index contributed by atoms with van der Waals surface area (Å²) in [7, 11) is 0. The standard InChI is InChI=1S/C26H26N4O3/c27-16-17-4-3-7-20(14-17)25(31)28-21-8-9-23-22(15-21)24(29-33-23)18-10-12-30(13-11-18)26(32)19-5-1-2-6-19/h3-4,7-9,14-15,18-19H,1-2,5-6,10-13H2,(H,28,31). The molecular formula is C26H26N4O3. The first-order valence-electron chi connectivity index (χ1n) is 11.6. The largest absolute Gasteiger partial charge is 0.356 e. The fraction of sp³-hybridized carbons (Fsp3) is 0.385. The molecule has 1 N–H and O–H groups in total. The van der Waals surface area contributed by atoms with E-state index in [-0.39, 0.29) is 17.7 Å². The third-order valence-electron chi connectivity index (χ3n) is 6.91. The summed E-state index contributed by atoms with van der Waals surface area (Å²) < 4.78 is 5.55. The van der Waals surface area contributed by atoms with Gasteiger partial charge in [-0.15, -0.1) is 0 Å². The Balaban J connectivity index is 1.29. The molecule has 0 atom stereocenters. The second-order valence-corrected chi connectivity index (χ2v) is 9.01. The summed E-state index contributed by atoms with van der Waals surface area (Å²) in [6.07, 6.45) is 6.11. The van der Waals surface area contributed by atoms with Crippen LogP contribution < -0.4 is 5.32 Å². The number of nitrogens with zero attached hydrogens (tertiary/aromatic N) is 3. The topological polar surface area (TPSA) is 99.2 Å². The van der Waals surface area contributed by atoms with Gasteiger partial charge >= 0.3 is 0 Å². The highest BCUT2D eigenvalue weighted by molar-refractivity contribution is 6.05. The molecule has 33 heavy (non-hydrogen) atoms. The van der Waals surface area contributed by atoms with Gasteiger partial charge in [-0.3, -0.25) is 9.59 Å². The zero-order chi connectivity index (χ0) is 22.8. The number of carbonyl (C=O) groups excluding carboxylic acids is 2. The van der Waals surface area contributed by atoms with Gasteiger partial charge in [-0.2, -0.15) is 5.26 Å². The molecule has 2 heterocycles. The summed E-state index contributed by atoms with van der Waals surface area (Å²) in [6, 6.07) is 14.1. The average molecular weight is 443 g/mol. The minimum Gasteiger partial charge on any atom is -0.356 e. The predicted octanol–water partition coefficient (Wildman–Crippen LogP) is 4.85. The van der Waals surface area contributed by atoms with Crippen LogP contribution >= 0.6 is 0 Å². The lowest BCUT2D eigenvalue weighted by Gasteiger charge is -2.33. The van der Waals surface area contributed by atoms with Crippen LogP contribution in [0.2, 0.25) is 0 Å². The van der Waals surface area contributed by atoms with E-state index in [0.717, 1.165) is 49.9 Å². The molecule has 1 saturated carbocycles. The molecule has 2 aromatic carbocycles. The maximum absolute atomic E-state index is 12.7. The molecule has 7 heteroatoms. The van der Waals surface area contributed by atoms with Crippen LogP contribution in [0.15, 0.2) is 47.0 Å². The van der Waals surface area contributed by atoms with Crippen molar-refractivity contribution < 1.29 is 14.1 Å². The van der Waals surface area contributed by atoms with Crippen LogP contribution in [0.4, 0.5) is 5.69 Å². The molecule has 1 aliphatic carbocycles. The van der Waals surface area contributed by atoms with E-state index in [9.17, 15) is 9.59 Å². The number of benzene rings is 2. The lowest BCUT2D eigenvalue weighted by Crippen LogP contribution is -2.40. The number of anilines is 1. The van der Waals surface area contributed by atoms with Crippen LogP contribution in [-0.4, -0.2) is 35.0 Å². The summed E-state index contributed by atoms with van der Waals surface area (Å²) in [6.45, 7) is 1.50. The maximum atomic E-state index is 12.7. The Morgan fingerprint density at radius 2 is 1.85 bits per heavy atom. The zero-order valence-corrected chi connectivity index (χ0v) is 18.4. The van der Waals surface area contributed by atoms with Crippen molar-refractivity contribution in [3.63, 3.8) is 0 Å². The number of nitrogens with one attached hydrogen (secondary N) is 1. The first kappa shape index (κ1) is 21.2. The number of hydrogen-bond acceptors (Lipinski definition) is 5. The van der Waals surface area contributed by atoms with Crippen LogP contribution in [0, 0.1) is 17.2 Å². The number of nitriles is 1. The smallest absolute Gasteiger partial charge is 0.255 e. The van der Waals surface area contributed by atoms with E-state index in [2.05, 4.69) is 16.5 Å². The molecule has 1 aromatic heterocycles. The van der Waals surface area contributed by atoms with Crippen LogP contribution in [0.25, 0.3) is 11.0 Å². The number of fused-ring (bicyclic) bond motifs is 1. The molecular weight excluding hydrogens is 416 g/mol. The second kappa shape index (κ2) is 9.07. The molecule has 2 amide bonds. The minimum atomic E-state index is -0.275. The lowest BCUT2D eigenvalue weighted by molar-refractivity contribution is -0.136. The third kappa shape index (κ3) is 4.34. The van der Waals surface area contributed by atoms with E-state index in [1.54, 1.807) is 30.3 Å². The first-order valence-corrected chi connectivity index (χ1v) is 11.6. The van der Waals surface area contributed by atoms with Crippen molar-refractivity contribution in [1.82, 2.24) is 10.1 Å². The summed E-state index contributed by atoms with van der Waals surface area (Å²) in [5.74, 6) is 0.483. The fourth-order valence-electron chi connectivity index (χ4n) is 5.07. The average Bonchev–Trinajstić information content (AvgIpc) is 3.54. The Kier molecular flexibility index (Phi) is 5.82. The normalized spacial score (nSPS) is 17.2. The molecule has 5 rings (SSSR count). The second-order valence-electron chi connectivity index (χ2n) is 9.01. The highest BCUT2D eigenvalue weighted by Gasteiger charge is 2.31. The van der Waals surface area contributed by atoms with Crippen molar-refractivity contribution in [1.29, 1.82) is 5.26 Å². The number of rotatable bonds is 4. The Labute approximate surface area is 192 Å². The van der Waals surface area contributed by atoms with Gasteiger partial charge in [0.25, 0.3) is 5.91 Å². The van der Waals surface area contributed by atoms with Crippen molar-refractivity contribution in [3.8, 4) is 6.07 Å². The predicted molar refractivity (Wildman–Crippen MR) is 124 cm³/mol. The van der Waals surface area contributed by atoms with E-state index >= 15 is 0 Å². The van der Waals surface area contributed by atoms with Gasteiger partial charge in [-0.05, 0) is 62.1 Å². The van der Waals surface area contributed by atoms with Crippen LogP contribution in [-0.2, 0) is 4.79 Å². The Morgan fingerprint density at radius 1 is 1.06 bits per heavy atom. The Morgan fingerprint density at radius 3 is 2.61 bits per heavy atom. The molecule has 0 unspecified atom stereocenters. The summed E-state index contributed by atoms with van der Waals surface area (Å²) in [4.78, 5) is 27.4. The molecule has 0 radical (unpaired) electrons. The van der Waals surface area contributed by atoms with Crippen LogP contribution in [0.5, 0.6) is 0 Å². The van der Waals surface area contributed by atoms with E-state index in [4.69, 9.17) is 9.78 Å². The van der Waals surface area contributed by atoms with Gasteiger partial charge in [0.2, 0.25) is 5.91 Å². The van der Waals surface area contributed by atoms with Crippen molar-refractivity contribution in [2.45, 2.75) is 44.4 Å². The van der Waals surface area contributed by atoms with Gasteiger partial charge in [-0.25, -0.2) is 0 Å². The number of aromatic nitrogens is 1. The quantitative estimate of drug-likeness (QED) is 0.623. The molecule has 0 bridgehead atoms. The molecule has 2 fully saturated rings. The number of amides is 2. The highest BCUT2D eigenvalue weighted by Crippen LogP contribution is 2.35. The van der Waals surface area contributed by atoms with Gasteiger partial charge in [0, 0.05) is 41.6 Å². The van der Waals surface area contributed by atoms with Gasteiger partial charge in [0.1, 0.15) is 0 Å². The molecule has 7 nitrogen and oxygen atoms in total. The fourth-order valence-corrected chi connectivity index (χ4v) is 5.07. The SMILES string of the molecule is N#Cc1cccc(C(=O)Nc2ccc3onc(C4CCN(C(=O)C5CCCC5)CC4)c3c2)c1. The van der Waals surface area contributed by atoms with E-state index in [1.807, 2.05) is 17.0 Å². The summed E-state index contributed by atoms with van der Waals surface area (Å²) in [5.41, 5.74) is 3.09. The van der Waals surface area contributed by atoms with Crippen LogP contribution in [0.3, 0.4) is 0 Å².